The number of hydrazone groups is 1. The number of carbonyl (C=O) groups is 2. The van der Waals surface area contributed by atoms with Crippen LogP contribution in [0.2, 0.25) is 10.0 Å². The predicted octanol–water partition coefficient (Wildman–Crippen LogP) is 5.12. The summed E-state index contributed by atoms with van der Waals surface area (Å²) in [5, 5.41) is 6.40. The van der Waals surface area contributed by atoms with Crippen LogP contribution < -0.4 is 14.5 Å². The number of rotatable bonds is 5. The van der Waals surface area contributed by atoms with Crippen LogP contribution in [-0.4, -0.2) is 24.7 Å². The van der Waals surface area contributed by atoms with Gasteiger partial charge in [-0.05, 0) is 48.9 Å². The molecule has 1 aliphatic heterocycles. The number of hydrogen-bond acceptors (Lipinski definition) is 5. The molecule has 1 aliphatic rings. The number of halogens is 2. The zero-order chi connectivity index (χ0) is 21.1. The molecule has 8 heteroatoms. The molecule has 0 N–H and O–H groups in total. The number of amides is 1. The summed E-state index contributed by atoms with van der Waals surface area (Å²) in [6.07, 6.45) is 1.95. The van der Waals surface area contributed by atoms with E-state index in [1.165, 1.54) is 12.1 Å². The van der Waals surface area contributed by atoms with Crippen molar-refractivity contribution in [1.29, 1.82) is 0 Å². The van der Waals surface area contributed by atoms with Crippen molar-refractivity contribution in [3.05, 3.63) is 57.6 Å². The molecule has 0 spiro atoms. The van der Waals surface area contributed by atoms with Gasteiger partial charge in [0, 0.05) is 16.5 Å². The topological polar surface area (TPSA) is 68.2 Å². The summed E-state index contributed by atoms with van der Waals surface area (Å²) in [6.45, 7) is 3.45. The molecular formula is C21H18Cl2N2O4. The zero-order valence-corrected chi connectivity index (χ0v) is 17.5. The molecule has 6 nitrogen and oxygen atoms in total. The van der Waals surface area contributed by atoms with E-state index in [0.717, 1.165) is 0 Å². The summed E-state index contributed by atoms with van der Waals surface area (Å²) in [5.74, 6) is 0.0416. The van der Waals surface area contributed by atoms with Crippen LogP contribution in [0, 0.1) is 0 Å². The molecule has 0 aliphatic carbocycles. The number of carbonyl (C=O) groups excluding carboxylic acids is 2. The lowest BCUT2D eigenvalue weighted by atomic mass is 10.1. The van der Waals surface area contributed by atoms with E-state index in [4.69, 9.17) is 32.7 Å². The third-order valence-corrected chi connectivity index (χ3v) is 4.60. The average molecular weight is 433 g/mol. The molecule has 0 saturated heterocycles. The van der Waals surface area contributed by atoms with Crippen molar-refractivity contribution in [1.82, 2.24) is 0 Å². The van der Waals surface area contributed by atoms with Gasteiger partial charge in [-0.3, -0.25) is 9.59 Å². The number of anilines is 1. The summed E-state index contributed by atoms with van der Waals surface area (Å²) in [4.78, 5) is 24.4. The highest BCUT2D eigenvalue weighted by Gasteiger charge is 2.29. The molecule has 2 aromatic rings. The van der Waals surface area contributed by atoms with Gasteiger partial charge in [0.05, 0.1) is 24.1 Å². The van der Waals surface area contributed by atoms with Gasteiger partial charge < -0.3 is 9.47 Å². The maximum absolute atomic E-state index is 12.9. The Morgan fingerprint density at radius 3 is 2.45 bits per heavy atom. The van der Waals surface area contributed by atoms with Crippen molar-refractivity contribution in [2.24, 2.45) is 5.10 Å². The molecule has 3 rings (SSSR count). The van der Waals surface area contributed by atoms with Crippen LogP contribution in [0.25, 0.3) is 6.08 Å². The number of nitrogens with zero attached hydrogens (tertiary/aromatic N) is 2. The quantitative estimate of drug-likeness (QED) is 0.373. The summed E-state index contributed by atoms with van der Waals surface area (Å²) in [7, 11) is 1.48. The minimum absolute atomic E-state index is 0.252. The fourth-order valence-electron chi connectivity index (χ4n) is 2.74. The lowest BCUT2D eigenvalue weighted by Gasteiger charge is -2.12. The van der Waals surface area contributed by atoms with Crippen molar-refractivity contribution >= 4 is 52.6 Å². The molecule has 0 unspecified atom stereocenters. The van der Waals surface area contributed by atoms with Gasteiger partial charge in [0.15, 0.2) is 11.5 Å². The Labute approximate surface area is 178 Å². The molecule has 0 aromatic heterocycles. The highest BCUT2D eigenvalue weighted by atomic mass is 35.5. The second-order valence-electron chi connectivity index (χ2n) is 6.23. The van der Waals surface area contributed by atoms with Gasteiger partial charge in [-0.1, -0.05) is 36.2 Å². The molecular weight excluding hydrogens is 415 g/mol. The summed E-state index contributed by atoms with van der Waals surface area (Å²) < 4.78 is 10.5. The smallest absolute Gasteiger partial charge is 0.311 e. The van der Waals surface area contributed by atoms with Crippen molar-refractivity contribution in [3.8, 4) is 11.5 Å². The first-order valence-electron chi connectivity index (χ1n) is 8.79. The van der Waals surface area contributed by atoms with Gasteiger partial charge >= 0.3 is 5.97 Å². The molecule has 29 heavy (non-hydrogen) atoms. The van der Waals surface area contributed by atoms with E-state index in [2.05, 4.69) is 5.10 Å². The fraction of sp³-hybridized carbons (Fsp3) is 0.190. The molecule has 0 radical (unpaired) electrons. The van der Waals surface area contributed by atoms with Crippen LogP contribution >= 0.6 is 23.2 Å². The molecule has 0 atom stereocenters. The van der Waals surface area contributed by atoms with Gasteiger partial charge in [0.1, 0.15) is 0 Å². The van der Waals surface area contributed by atoms with E-state index < -0.39 is 0 Å². The lowest BCUT2D eigenvalue weighted by molar-refractivity contribution is -0.134. The van der Waals surface area contributed by atoms with Gasteiger partial charge in [0.2, 0.25) is 0 Å². The molecule has 150 valence electrons. The van der Waals surface area contributed by atoms with Crippen molar-refractivity contribution in [3.63, 3.8) is 0 Å². The van der Waals surface area contributed by atoms with E-state index in [1.807, 2.05) is 0 Å². The van der Waals surface area contributed by atoms with Crippen LogP contribution in [0.1, 0.15) is 25.8 Å². The minimum Gasteiger partial charge on any atom is -0.493 e. The highest BCUT2D eigenvalue weighted by Crippen LogP contribution is 2.32. The normalized spacial score (nSPS) is 14.9. The Morgan fingerprint density at radius 2 is 1.83 bits per heavy atom. The van der Waals surface area contributed by atoms with Crippen LogP contribution in [-0.2, 0) is 9.59 Å². The molecule has 0 fully saturated rings. The molecule has 0 saturated carbocycles. The number of methoxy groups -OCH3 is 1. The minimum atomic E-state index is -0.362. The van der Waals surface area contributed by atoms with E-state index >= 15 is 0 Å². The van der Waals surface area contributed by atoms with Crippen LogP contribution in [0.5, 0.6) is 11.5 Å². The van der Waals surface area contributed by atoms with Crippen molar-refractivity contribution < 1.29 is 19.1 Å². The fourth-order valence-corrected chi connectivity index (χ4v) is 3.26. The Bertz CT molecular complexity index is 1030. The molecule has 1 amide bonds. The highest BCUT2D eigenvalue weighted by molar-refractivity contribution is 6.36. The van der Waals surface area contributed by atoms with E-state index in [1.54, 1.807) is 56.3 Å². The number of hydrogen-bond donors (Lipinski definition) is 0. The summed E-state index contributed by atoms with van der Waals surface area (Å²) >= 11 is 12.1. The second-order valence-corrected chi connectivity index (χ2v) is 7.10. The van der Waals surface area contributed by atoms with E-state index in [-0.39, 0.29) is 18.3 Å². The number of esters is 1. The van der Waals surface area contributed by atoms with Gasteiger partial charge in [-0.2, -0.15) is 10.1 Å². The Hall–Kier alpha value is -2.83. The van der Waals surface area contributed by atoms with E-state index in [0.29, 0.717) is 44.1 Å². The SMILES string of the molecule is CCC(=O)Oc1ccc(C=C2C(=O)N(c3cc(Cl)cc(Cl)c3)N=C2C)cc1OC. The summed E-state index contributed by atoms with van der Waals surface area (Å²) in [6, 6.07) is 9.85. The van der Waals surface area contributed by atoms with Gasteiger partial charge in [-0.15, -0.1) is 0 Å². The Balaban J connectivity index is 1.91. The molecule has 0 bridgehead atoms. The maximum atomic E-state index is 12.9. The standard InChI is InChI=1S/C21H18Cl2N2O4/c1-4-20(26)29-18-6-5-13(8-19(18)28-3)7-17-12(2)24-25(21(17)27)16-10-14(22)9-15(23)11-16/h5-11H,4H2,1-3H3. The van der Waals surface area contributed by atoms with Crippen LogP contribution in [0.3, 0.4) is 0 Å². The van der Waals surface area contributed by atoms with Gasteiger partial charge in [-0.25, -0.2) is 0 Å². The van der Waals surface area contributed by atoms with Crippen molar-refractivity contribution in [2.45, 2.75) is 20.3 Å². The van der Waals surface area contributed by atoms with Gasteiger partial charge in [0.25, 0.3) is 5.91 Å². The second kappa shape index (κ2) is 8.68. The lowest BCUT2D eigenvalue weighted by Crippen LogP contribution is -2.21. The summed E-state index contributed by atoms with van der Waals surface area (Å²) in [5.41, 5.74) is 2.14. The number of benzene rings is 2. The monoisotopic (exact) mass is 432 g/mol. The van der Waals surface area contributed by atoms with Crippen LogP contribution in [0.15, 0.2) is 47.1 Å². The largest absolute Gasteiger partial charge is 0.493 e. The maximum Gasteiger partial charge on any atom is 0.311 e. The number of ether oxygens (including phenoxy) is 2. The Morgan fingerprint density at radius 1 is 1.14 bits per heavy atom. The molecule has 1 heterocycles. The predicted molar refractivity (Wildman–Crippen MR) is 114 cm³/mol. The van der Waals surface area contributed by atoms with Crippen molar-refractivity contribution in [2.75, 3.05) is 12.1 Å². The third kappa shape index (κ3) is 4.60. The first kappa shape index (κ1) is 20.9. The first-order valence-corrected chi connectivity index (χ1v) is 9.54. The Kier molecular flexibility index (Phi) is 6.25. The van der Waals surface area contributed by atoms with Crippen LogP contribution in [0.4, 0.5) is 5.69 Å². The molecule has 2 aromatic carbocycles. The third-order valence-electron chi connectivity index (χ3n) is 4.17. The first-order chi connectivity index (χ1) is 13.8. The van der Waals surface area contributed by atoms with E-state index in [9.17, 15) is 9.59 Å². The zero-order valence-electron chi connectivity index (χ0n) is 16.0. The average Bonchev–Trinajstić information content (AvgIpc) is 2.96.